The predicted octanol–water partition coefficient (Wildman–Crippen LogP) is 1.48. The number of nitriles is 1. The average Bonchev–Trinajstić information content (AvgIpc) is 2.81. The van der Waals surface area contributed by atoms with E-state index < -0.39 is 0 Å². The molecule has 1 aromatic heterocycles. The van der Waals surface area contributed by atoms with Gasteiger partial charge in [-0.15, -0.1) is 0 Å². The average molecular weight is 213 g/mol. The van der Waals surface area contributed by atoms with E-state index in [1.165, 1.54) is 0 Å². The van der Waals surface area contributed by atoms with Gasteiger partial charge in [0.05, 0.1) is 29.2 Å². The Hall–Kier alpha value is -2.48. The second-order valence-corrected chi connectivity index (χ2v) is 3.31. The van der Waals surface area contributed by atoms with Crippen molar-refractivity contribution in [2.24, 2.45) is 0 Å². The minimum absolute atomic E-state index is 0.476. The molecule has 1 aromatic carbocycles. The van der Waals surface area contributed by atoms with Gasteiger partial charge >= 0.3 is 0 Å². The van der Waals surface area contributed by atoms with Crippen molar-refractivity contribution in [2.75, 3.05) is 11.1 Å². The molecule has 1 heterocycles. The lowest BCUT2D eigenvalue weighted by Crippen LogP contribution is -2.04. The van der Waals surface area contributed by atoms with Crippen LogP contribution in [-0.4, -0.2) is 10.2 Å². The highest BCUT2D eigenvalue weighted by Crippen LogP contribution is 2.22. The number of aromatic amines is 1. The third-order valence-corrected chi connectivity index (χ3v) is 2.25. The van der Waals surface area contributed by atoms with Crippen LogP contribution >= 0.6 is 0 Å². The van der Waals surface area contributed by atoms with Gasteiger partial charge in [0.25, 0.3) is 0 Å². The van der Waals surface area contributed by atoms with Crippen molar-refractivity contribution in [3.8, 4) is 6.07 Å². The molecular weight excluding hydrogens is 202 g/mol. The summed E-state index contributed by atoms with van der Waals surface area (Å²) < 4.78 is 0. The van der Waals surface area contributed by atoms with Gasteiger partial charge in [-0.05, 0) is 18.2 Å². The van der Waals surface area contributed by atoms with Crippen LogP contribution < -0.4 is 11.1 Å². The molecule has 0 bridgehead atoms. The number of hydrogen-bond donors (Lipinski definition) is 3. The van der Waals surface area contributed by atoms with Crippen LogP contribution in [0.5, 0.6) is 0 Å². The Morgan fingerprint density at radius 2 is 2.31 bits per heavy atom. The van der Waals surface area contributed by atoms with E-state index >= 15 is 0 Å². The quantitative estimate of drug-likeness (QED) is 0.673. The van der Waals surface area contributed by atoms with Crippen LogP contribution in [0.2, 0.25) is 0 Å². The summed E-state index contributed by atoms with van der Waals surface area (Å²) in [5.41, 5.74) is 8.50. The molecule has 0 saturated carbocycles. The monoisotopic (exact) mass is 213 g/mol. The molecule has 0 radical (unpaired) electrons. The van der Waals surface area contributed by atoms with E-state index in [0.717, 1.165) is 11.4 Å². The Bertz CT molecular complexity index is 510. The van der Waals surface area contributed by atoms with E-state index in [9.17, 15) is 0 Å². The van der Waals surface area contributed by atoms with Crippen molar-refractivity contribution >= 4 is 11.4 Å². The number of nitrogens with one attached hydrogen (secondary N) is 2. The Morgan fingerprint density at radius 1 is 1.44 bits per heavy atom. The Kier molecular flexibility index (Phi) is 2.74. The van der Waals surface area contributed by atoms with Crippen LogP contribution in [0.3, 0.4) is 0 Å². The normalized spacial score (nSPS) is 9.69. The molecule has 0 atom stereocenters. The van der Waals surface area contributed by atoms with Crippen molar-refractivity contribution in [1.82, 2.24) is 10.2 Å². The number of para-hydroxylation sites is 1. The molecule has 0 spiro atoms. The fourth-order valence-electron chi connectivity index (χ4n) is 1.39. The van der Waals surface area contributed by atoms with E-state index in [0.29, 0.717) is 17.8 Å². The molecule has 0 aliphatic heterocycles. The van der Waals surface area contributed by atoms with Crippen molar-refractivity contribution in [2.45, 2.75) is 6.54 Å². The molecule has 16 heavy (non-hydrogen) atoms. The first-order chi connectivity index (χ1) is 7.81. The van der Waals surface area contributed by atoms with E-state index in [1.807, 2.05) is 18.2 Å². The van der Waals surface area contributed by atoms with Crippen molar-refractivity contribution < 1.29 is 0 Å². The Morgan fingerprint density at radius 3 is 3.00 bits per heavy atom. The molecule has 0 saturated heterocycles. The van der Waals surface area contributed by atoms with Crippen molar-refractivity contribution in [1.29, 1.82) is 5.26 Å². The maximum absolute atomic E-state index is 8.82. The molecule has 4 N–H and O–H groups in total. The van der Waals surface area contributed by atoms with E-state index in [4.69, 9.17) is 11.0 Å². The van der Waals surface area contributed by atoms with Gasteiger partial charge in [0.15, 0.2) is 0 Å². The van der Waals surface area contributed by atoms with Gasteiger partial charge in [0, 0.05) is 6.20 Å². The summed E-state index contributed by atoms with van der Waals surface area (Å²) >= 11 is 0. The lowest BCUT2D eigenvalue weighted by atomic mass is 10.1. The molecule has 0 fully saturated rings. The van der Waals surface area contributed by atoms with Crippen LogP contribution in [0.15, 0.2) is 30.5 Å². The van der Waals surface area contributed by atoms with Gasteiger partial charge in [-0.1, -0.05) is 6.07 Å². The number of hydrogen-bond acceptors (Lipinski definition) is 4. The fourth-order valence-corrected chi connectivity index (χ4v) is 1.39. The zero-order valence-electron chi connectivity index (χ0n) is 8.57. The highest BCUT2D eigenvalue weighted by molar-refractivity contribution is 5.72. The standard InChI is InChI=1S/C11H11N5/c12-6-8-2-1-3-10(11(8)13)14-7-9-4-5-15-16-9/h1-5,14H,7,13H2,(H,15,16). The van der Waals surface area contributed by atoms with E-state index in [2.05, 4.69) is 15.5 Å². The first-order valence-corrected chi connectivity index (χ1v) is 4.82. The molecule has 0 amide bonds. The minimum Gasteiger partial charge on any atom is -0.396 e. The fraction of sp³-hybridized carbons (Fsp3) is 0.0909. The second-order valence-electron chi connectivity index (χ2n) is 3.31. The molecular formula is C11H11N5. The van der Waals surface area contributed by atoms with E-state index in [-0.39, 0.29) is 0 Å². The zero-order chi connectivity index (χ0) is 11.4. The van der Waals surface area contributed by atoms with Crippen LogP contribution in [-0.2, 0) is 6.54 Å². The van der Waals surface area contributed by atoms with Crippen LogP contribution in [0.4, 0.5) is 11.4 Å². The SMILES string of the molecule is N#Cc1cccc(NCc2ccn[nH]2)c1N. The molecule has 2 rings (SSSR count). The highest BCUT2D eigenvalue weighted by Gasteiger charge is 2.03. The third-order valence-electron chi connectivity index (χ3n) is 2.25. The number of nitrogens with two attached hydrogens (primary N) is 1. The summed E-state index contributed by atoms with van der Waals surface area (Å²) in [4.78, 5) is 0. The predicted molar refractivity (Wildman–Crippen MR) is 61.5 cm³/mol. The first-order valence-electron chi connectivity index (χ1n) is 4.82. The van der Waals surface area contributed by atoms with Crippen molar-refractivity contribution in [3.05, 3.63) is 41.7 Å². The van der Waals surface area contributed by atoms with Gasteiger partial charge in [-0.2, -0.15) is 10.4 Å². The highest BCUT2D eigenvalue weighted by atomic mass is 15.1. The Balaban J connectivity index is 2.13. The lowest BCUT2D eigenvalue weighted by molar-refractivity contribution is 0.982. The molecule has 0 aliphatic carbocycles. The number of anilines is 2. The maximum atomic E-state index is 8.82. The zero-order valence-corrected chi connectivity index (χ0v) is 8.57. The number of H-pyrrole nitrogens is 1. The second kappa shape index (κ2) is 4.36. The Labute approximate surface area is 92.9 Å². The summed E-state index contributed by atoms with van der Waals surface area (Å²) in [6, 6.07) is 9.24. The van der Waals surface area contributed by atoms with Crippen LogP contribution in [0, 0.1) is 11.3 Å². The van der Waals surface area contributed by atoms with Gasteiger partial charge in [0.2, 0.25) is 0 Å². The number of benzene rings is 1. The summed E-state index contributed by atoms with van der Waals surface area (Å²) in [5.74, 6) is 0. The third kappa shape index (κ3) is 1.96. The van der Waals surface area contributed by atoms with Gasteiger partial charge < -0.3 is 11.1 Å². The van der Waals surface area contributed by atoms with E-state index in [1.54, 1.807) is 18.3 Å². The summed E-state index contributed by atoms with van der Waals surface area (Å²) in [6.45, 7) is 0.596. The molecule has 0 unspecified atom stereocenters. The topological polar surface area (TPSA) is 90.5 Å². The number of aromatic nitrogens is 2. The minimum atomic E-state index is 0.476. The maximum Gasteiger partial charge on any atom is 0.101 e. The number of rotatable bonds is 3. The van der Waals surface area contributed by atoms with Crippen molar-refractivity contribution in [3.63, 3.8) is 0 Å². The summed E-state index contributed by atoms with van der Waals surface area (Å²) in [7, 11) is 0. The van der Waals surface area contributed by atoms with Gasteiger partial charge in [-0.3, -0.25) is 5.10 Å². The lowest BCUT2D eigenvalue weighted by Gasteiger charge is -2.08. The number of nitrogen functional groups attached to an aromatic ring is 1. The molecule has 80 valence electrons. The van der Waals surface area contributed by atoms with Crippen LogP contribution in [0.1, 0.15) is 11.3 Å². The molecule has 5 heteroatoms. The summed E-state index contributed by atoms with van der Waals surface area (Å²) in [5, 5.41) is 18.6. The first kappa shape index (κ1) is 10.1. The smallest absolute Gasteiger partial charge is 0.101 e. The van der Waals surface area contributed by atoms with Crippen LogP contribution in [0.25, 0.3) is 0 Å². The molecule has 2 aromatic rings. The molecule has 5 nitrogen and oxygen atoms in total. The molecule has 0 aliphatic rings. The largest absolute Gasteiger partial charge is 0.396 e. The number of nitrogens with zero attached hydrogens (tertiary/aromatic N) is 2. The van der Waals surface area contributed by atoms with Gasteiger partial charge in [-0.25, -0.2) is 0 Å². The van der Waals surface area contributed by atoms with Gasteiger partial charge in [0.1, 0.15) is 6.07 Å². The summed E-state index contributed by atoms with van der Waals surface area (Å²) in [6.07, 6.45) is 1.69.